The van der Waals surface area contributed by atoms with Gasteiger partial charge in [0.1, 0.15) is 6.54 Å². The Kier molecular flexibility index (Phi) is 3.96. The largest absolute Gasteiger partial charge is 0.420 e. The Morgan fingerprint density at radius 3 is 2.73 bits per heavy atom. The Hall–Kier alpha value is -2.13. The van der Waals surface area contributed by atoms with Crippen molar-refractivity contribution in [2.24, 2.45) is 5.92 Å². The number of carbonyl (C=O) groups excluding carboxylic acids is 1. The van der Waals surface area contributed by atoms with Crippen molar-refractivity contribution >= 4 is 26.8 Å². The zero-order valence-corrected chi connectivity index (χ0v) is 15.5. The third kappa shape index (κ3) is 2.66. The van der Waals surface area contributed by atoms with E-state index in [-0.39, 0.29) is 36.7 Å². The van der Waals surface area contributed by atoms with Crippen LogP contribution in [0.25, 0.3) is 11.1 Å². The van der Waals surface area contributed by atoms with Gasteiger partial charge in [0.15, 0.2) is 15.4 Å². The summed E-state index contributed by atoms with van der Waals surface area (Å²) in [5, 5.41) is -0.517. The molecule has 2 aromatic rings. The van der Waals surface area contributed by atoms with Crippen LogP contribution in [0.3, 0.4) is 0 Å². The highest BCUT2D eigenvalue weighted by Gasteiger charge is 2.53. The molecular formula is C17H21N3O5S. The molecule has 3 atom stereocenters. The fourth-order valence-corrected chi connectivity index (χ4v) is 6.64. The normalized spacial score (nSPS) is 27.3. The molecule has 8 nitrogen and oxygen atoms in total. The second-order valence-electron chi connectivity index (χ2n) is 7.28. The molecule has 0 unspecified atom stereocenters. The number of carbonyl (C=O) groups is 1. The van der Waals surface area contributed by atoms with Gasteiger partial charge in [0.05, 0.1) is 16.5 Å². The summed E-state index contributed by atoms with van der Waals surface area (Å²) in [6.07, 6.45) is 0. The predicted molar refractivity (Wildman–Crippen MR) is 95.6 cm³/mol. The standard InChI is InChI=1S/C17H21N3O5S/c1-18(2)13-10-26(23,24)15-8-19(7-11(13)15)16(21)9-20-12-5-3-4-6-14(12)25-17(20)22/h3-6,11,13,15H,7-10H2,1-2H3/t11-,13+,15-/m0/s1. The Morgan fingerprint density at radius 1 is 1.27 bits per heavy atom. The van der Waals surface area contributed by atoms with Crippen LogP contribution in [0.1, 0.15) is 0 Å². The lowest BCUT2D eigenvalue weighted by atomic mass is 10.00. The van der Waals surface area contributed by atoms with Gasteiger partial charge in [-0.2, -0.15) is 0 Å². The average molecular weight is 379 g/mol. The number of benzene rings is 1. The first-order valence-electron chi connectivity index (χ1n) is 8.52. The van der Waals surface area contributed by atoms with Crippen molar-refractivity contribution in [3.8, 4) is 0 Å². The van der Waals surface area contributed by atoms with Crippen LogP contribution in [0.15, 0.2) is 33.5 Å². The van der Waals surface area contributed by atoms with E-state index in [1.165, 1.54) is 4.57 Å². The first-order chi connectivity index (χ1) is 12.3. The Labute approximate surface area is 150 Å². The lowest BCUT2D eigenvalue weighted by Gasteiger charge is -2.25. The zero-order valence-electron chi connectivity index (χ0n) is 14.7. The van der Waals surface area contributed by atoms with Crippen molar-refractivity contribution in [1.29, 1.82) is 0 Å². The second-order valence-corrected chi connectivity index (χ2v) is 9.55. The van der Waals surface area contributed by atoms with Crippen LogP contribution in [0, 0.1) is 5.92 Å². The molecule has 140 valence electrons. The van der Waals surface area contributed by atoms with Gasteiger partial charge in [-0.05, 0) is 26.2 Å². The smallest absolute Gasteiger partial charge is 0.408 e. The number of likely N-dealkylation sites (tertiary alicyclic amines) is 1. The highest BCUT2D eigenvalue weighted by atomic mass is 32.2. The minimum absolute atomic E-state index is 0.0831. The highest BCUT2D eigenvalue weighted by molar-refractivity contribution is 7.92. The number of para-hydroxylation sites is 2. The van der Waals surface area contributed by atoms with E-state index >= 15 is 0 Å². The van der Waals surface area contributed by atoms with Gasteiger partial charge in [-0.3, -0.25) is 9.36 Å². The van der Waals surface area contributed by atoms with Gasteiger partial charge in [-0.15, -0.1) is 0 Å². The third-order valence-corrected chi connectivity index (χ3v) is 7.78. The van der Waals surface area contributed by atoms with Crippen LogP contribution in [0.4, 0.5) is 0 Å². The highest BCUT2D eigenvalue weighted by Crippen LogP contribution is 2.36. The van der Waals surface area contributed by atoms with Crippen molar-refractivity contribution in [1.82, 2.24) is 14.4 Å². The first-order valence-corrected chi connectivity index (χ1v) is 10.2. The number of fused-ring (bicyclic) bond motifs is 2. The molecule has 2 fully saturated rings. The van der Waals surface area contributed by atoms with Crippen LogP contribution in [-0.2, 0) is 21.2 Å². The molecule has 9 heteroatoms. The zero-order chi connectivity index (χ0) is 18.6. The van der Waals surface area contributed by atoms with Crippen LogP contribution >= 0.6 is 0 Å². The molecule has 4 rings (SSSR count). The summed E-state index contributed by atoms with van der Waals surface area (Å²) in [5.41, 5.74) is 0.989. The third-order valence-electron chi connectivity index (χ3n) is 5.55. The van der Waals surface area contributed by atoms with Crippen LogP contribution in [0.2, 0.25) is 0 Å². The maximum Gasteiger partial charge on any atom is 0.420 e. The van der Waals surface area contributed by atoms with Crippen molar-refractivity contribution < 1.29 is 17.6 Å². The van der Waals surface area contributed by atoms with Gasteiger partial charge in [0, 0.05) is 25.0 Å². The molecule has 2 aliphatic rings. The molecule has 0 spiro atoms. The molecule has 0 radical (unpaired) electrons. The fourth-order valence-electron chi connectivity index (χ4n) is 4.17. The molecule has 2 aliphatic heterocycles. The second kappa shape index (κ2) is 5.95. The number of sulfone groups is 1. The molecule has 0 saturated carbocycles. The lowest BCUT2D eigenvalue weighted by molar-refractivity contribution is -0.131. The van der Waals surface area contributed by atoms with Gasteiger partial charge in [0.2, 0.25) is 5.91 Å². The Bertz CT molecular complexity index is 1020. The quantitative estimate of drug-likeness (QED) is 0.732. The minimum Gasteiger partial charge on any atom is -0.408 e. The van der Waals surface area contributed by atoms with E-state index in [4.69, 9.17) is 4.42 Å². The molecule has 0 aliphatic carbocycles. The van der Waals surface area contributed by atoms with E-state index in [0.29, 0.717) is 17.6 Å². The molecule has 26 heavy (non-hydrogen) atoms. The summed E-state index contributed by atoms with van der Waals surface area (Å²) >= 11 is 0. The molecule has 1 aromatic heterocycles. The number of hydrogen-bond donors (Lipinski definition) is 0. The first kappa shape index (κ1) is 17.3. The van der Waals surface area contributed by atoms with Crippen LogP contribution in [-0.4, -0.2) is 72.9 Å². The molecule has 0 N–H and O–H groups in total. The van der Waals surface area contributed by atoms with Gasteiger partial charge in [-0.25, -0.2) is 13.2 Å². The fraction of sp³-hybridized carbons (Fsp3) is 0.529. The van der Waals surface area contributed by atoms with Crippen molar-refractivity contribution in [3.05, 3.63) is 34.8 Å². The number of nitrogens with zero attached hydrogens (tertiary/aromatic N) is 3. The SMILES string of the molecule is CN(C)[C@@H]1CS(=O)(=O)[C@H]2CN(C(=O)Cn3c(=O)oc4ccccc43)C[C@@H]12. The molecule has 0 bridgehead atoms. The maximum atomic E-state index is 12.7. The van der Waals surface area contributed by atoms with E-state index in [1.807, 2.05) is 19.0 Å². The number of aromatic nitrogens is 1. The van der Waals surface area contributed by atoms with E-state index in [1.54, 1.807) is 29.2 Å². The topological polar surface area (TPSA) is 92.8 Å². The number of hydrogen-bond acceptors (Lipinski definition) is 6. The summed E-state index contributed by atoms with van der Waals surface area (Å²) in [5.74, 6) is -0.793. The Morgan fingerprint density at radius 2 is 2.00 bits per heavy atom. The summed E-state index contributed by atoms with van der Waals surface area (Å²) in [7, 11) is 0.519. The summed E-state index contributed by atoms with van der Waals surface area (Å²) in [4.78, 5) is 28.3. The van der Waals surface area contributed by atoms with E-state index in [2.05, 4.69) is 0 Å². The predicted octanol–water partition coefficient (Wildman–Crippen LogP) is -0.220. The van der Waals surface area contributed by atoms with Crippen molar-refractivity contribution in [2.45, 2.75) is 17.8 Å². The number of oxazole rings is 1. The molecular weight excluding hydrogens is 358 g/mol. The Balaban J connectivity index is 1.57. The number of rotatable bonds is 3. The van der Waals surface area contributed by atoms with Gasteiger partial charge < -0.3 is 14.2 Å². The lowest BCUT2D eigenvalue weighted by Crippen LogP contribution is -2.40. The average Bonchev–Trinajstić information content (AvgIpc) is 3.21. The van der Waals surface area contributed by atoms with Gasteiger partial charge in [-0.1, -0.05) is 12.1 Å². The monoisotopic (exact) mass is 379 g/mol. The van der Waals surface area contributed by atoms with E-state index in [9.17, 15) is 18.0 Å². The van der Waals surface area contributed by atoms with Crippen molar-refractivity contribution in [2.75, 3.05) is 32.9 Å². The molecule has 1 amide bonds. The van der Waals surface area contributed by atoms with Crippen molar-refractivity contribution in [3.63, 3.8) is 0 Å². The van der Waals surface area contributed by atoms with Gasteiger partial charge >= 0.3 is 5.76 Å². The molecule has 3 heterocycles. The minimum atomic E-state index is -3.21. The van der Waals surface area contributed by atoms with E-state index in [0.717, 1.165) is 0 Å². The van der Waals surface area contributed by atoms with E-state index < -0.39 is 20.8 Å². The maximum absolute atomic E-state index is 12.7. The summed E-state index contributed by atoms with van der Waals surface area (Å²) < 4.78 is 31.3. The number of amides is 1. The van der Waals surface area contributed by atoms with Gasteiger partial charge in [0.25, 0.3) is 0 Å². The summed E-state index contributed by atoms with van der Waals surface area (Å²) in [6.45, 7) is 0.443. The summed E-state index contributed by atoms with van der Waals surface area (Å²) in [6, 6.07) is 6.84. The molecule has 2 saturated heterocycles. The van der Waals surface area contributed by atoms with Crippen LogP contribution in [0.5, 0.6) is 0 Å². The van der Waals surface area contributed by atoms with Crippen LogP contribution < -0.4 is 5.76 Å². The molecule has 1 aromatic carbocycles.